The van der Waals surface area contributed by atoms with Crippen LogP contribution in [0.1, 0.15) is 52.5 Å². The number of aliphatic hydroxyl groups excluding tert-OH is 2. The number of benzene rings is 1. The van der Waals surface area contributed by atoms with E-state index in [-0.39, 0.29) is 29.9 Å². The summed E-state index contributed by atoms with van der Waals surface area (Å²) in [7, 11) is 0. The predicted molar refractivity (Wildman–Crippen MR) is 122 cm³/mol. The lowest BCUT2D eigenvalue weighted by molar-refractivity contribution is -0.120. The van der Waals surface area contributed by atoms with Gasteiger partial charge in [-0.3, -0.25) is 19.7 Å². The summed E-state index contributed by atoms with van der Waals surface area (Å²) in [5.74, 6) is -1.71. The number of aliphatic hydroxyl groups is 2. The lowest BCUT2D eigenvalue weighted by atomic mass is 10.00. The molecule has 0 fully saturated rings. The van der Waals surface area contributed by atoms with Crippen LogP contribution in [0.15, 0.2) is 0 Å². The second-order valence-corrected chi connectivity index (χ2v) is 8.79. The predicted octanol–water partition coefficient (Wildman–Crippen LogP) is 1.94. The molecule has 7 nitrogen and oxygen atoms in total. The molecule has 5 N–H and O–H groups in total. The third kappa shape index (κ3) is 5.97. The van der Waals surface area contributed by atoms with Gasteiger partial charge < -0.3 is 15.9 Å². The Hall–Kier alpha value is -0.0600. The molecule has 0 aliphatic carbocycles. The number of amides is 3. The number of hydrogen-bond donors (Lipinski definition) is 4. The van der Waals surface area contributed by atoms with E-state index in [1.165, 1.54) is 0 Å². The maximum absolute atomic E-state index is 12.6. The first-order valence-electron chi connectivity index (χ1n) is 7.77. The quantitative estimate of drug-likeness (QED) is 0.309. The van der Waals surface area contributed by atoms with E-state index in [9.17, 15) is 19.5 Å². The van der Waals surface area contributed by atoms with Crippen molar-refractivity contribution in [3.63, 3.8) is 0 Å². The van der Waals surface area contributed by atoms with E-state index in [1.54, 1.807) is 0 Å². The molecule has 1 rings (SSSR count). The smallest absolute Gasteiger partial charge is 0.260 e. The van der Waals surface area contributed by atoms with E-state index in [1.807, 2.05) is 74.7 Å². The molecule has 144 valence electrons. The topological polar surface area (TPSA) is 130 Å². The molecule has 0 bridgehead atoms. The van der Waals surface area contributed by atoms with E-state index < -0.39 is 24.5 Å². The fraction of sp³-hybridized carbons (Fsp3) is 0.438. The Bertz CT molecular complexity index is 725. The largest absolute Gasteiger partial charge is 0.394 e. The summed E-state index contributed by atoms with van der Waals surface area (Å²) in [6, 6.07) is 0. The van der Waals surface area contributed by atoms with E-state index in [0.29, 0.717) is 22.7 Å². The highest BCUT2D eigenvalue weighted by Gasteiger charge is 2.28. The maximum atomic E-state index is 12.6. The molecule has 0 aliphatic rings. The summed E-state index contributed by atoms with van der Waals surface area (Å²) in [5.41, 5.74) is 6.34. The van der Waals surface area contributed by atoms with Crippen molar-refractivity contribution < 1.29 is 24.6 Å². The van der Waals surface area contributed by atoms with Gasteiger partial charge in [-0.2, -0.15) is 0 Å². The van der Waals surface area contributed by atoms with Gasteiger partial charge in [0.25, 0.3) is 11.8 Å². The van der Waals surface area contributed by atoms with E-state index in [0.717, 1.165) is 6.42 Å². The molecule has 0 heterocycles. The monoisotopic (exact) mass is 700 g/mol. The van der Waals surface area contributed by atoms with Crippen molar-refractivity contribution in [2.24, 2.45) is 5.73 Å². The molecule has 1 atom stereocenters. The number of halogens is 3. The van der Waals surface area contributed by atoms with Crippen LogP contribution < -0.4 is 11.1 Å². The summed E-state index contributed by atoms with van der Waals surface area (Å²) in [4.78, 5) is 36.4. The third-order valence-electron chi connectivity index (χ3n) is 3.54. The van der Waals surface area contributed by atoms with Gasteiger partial charge in [-0.05, 0) is 79.8 Å². The molecule has 0 saturated heterocycles. The van der Waals surface area contributed by atoms with Crippen molar-refractivity contribution in [2.75, 3.05) is 6.61 Å². The first-order valence-corrected chi connectivity index (χ1v) is 11.0. The van der Waals surface area contributed by atoms with Gasteiger partial charge in [0.2, 0.25) is 5.91 Å². The molecule has 0 radical (unpaired) electrons. The van der Waals surface area contributed by atoms with Gasteiger partial charge in [0.15, 0.2) is 0 Å². The van der Waals surface area contributed by atoms with Crippen LogP contribution in [-0.2, 0) is 11.2 Å². The highest BCUT2D eigenvalue weighted by atomic mass is 127. The van der Waals surface area contributed by atoms with E-state index in [4.69, 9.17) is 10.8 Å². The summed E-state index contributed by atoms with van der Waals surface area (Å²) < 4.78 is 1.38. The molecular weight excluding hydrogens is 681 g/mol. The van der Waals surface area contributed by atoms with Gasteiger partial charge in [0.05, 0.1) is 23.8 Å². The van der Waals surface area contributed by atoms with Gasteiger partial charge in [-0.15, -0.1) is 0 Å². The molecule has 1 unspecified atom stereocenters. The molecule has 26 heavy (non-hydrogen) atoms. The fourth-order valence-electron chi connectivity index (χ4n) is 2.20. The Labute approximate surface area is 192 Å². The average Bonchev–Trinajstić information content (AvgIpc) is 2.56. The molecule has 0 spiro atoms. The van der Waals surface area contributed by atoms with Crippen LogP contribution in [0, 0.1) is 10.7 Å². The Morgan fingerprint density at radius 3 is 2.19 bits per heavy atom. The summed E-state index contributed by atoms with van der Waals surface area (Å²) in [6.07, 6.45) is 0.739. The molecule has 0 aromatic heterocycles. The lowest BCUT2D eigenvalue weighted by Crippen LogP contribution is -2.33. The lowest BCUT2D eigenvalue weighted by Gasteiger charge is -2.19. The van der Waals surface area contributed by atoms with E-state index in [2.05, 4.69) is 5.32 Å². The standard InChI is InChI=1S/C16H19I3N2O5/c1-2-3-4-9(24)21-16(26)11-13(18)8(5-7(23)6-22)12(17)10(14(11)19)15(20)25/h7,22-23H,2-6H2,1H3,(H2,20,25)(H,21,24,26). The molecule has 0 saturated carbocycles. The highest BCUT2D eigenvalue weighted by Crippen LogP contribution is 2.32. The Kier molecular flexibility index (Phi) is 10.2. The minimum absolute atomic E-state index is 0.0499. The molecule has 10 heteroatoms. The van der Waals surface area contributed by atoms with Crippen LogP contribution in [-0.4, -0.2) is 40.6 Å². The minimum Gasteiger partial charge on any atom is -0.394 e. The number of nitrogens with two attached hydrogens (primary N) is 1. The number of nitrogens with one attached hydrogen (secondary N) is 1. The van der Waals surface area contributed by atoms with Crippen molar-refractivity contribution in [1.82, 2.24) is 5.32 Å². The van der Waals surface area contributed by atoms with Crippen molar-refractivity contribution in [3.05, 3.63) is 27.4 Å². The maximum Gasteiger partial charge on any atom is 0.260 e. The zero-order valence-electron chi connectivity index (χ0n) is 13.9. The first kappa shape index (κ1) is 24.0. The first-order chi connectivity index (χ1) is 12.1. The second kappa shape index (κ2) is 11.1. The fourth-order valence-corrected chi connectivity index (χ4v) is 6.83. The molecule has 3 amide bonds. The summed E-state index contributed by atoms with van der Waals surface area (Å²) >= 11 is 5.75. The number of hydrogen-bond acceptors (Lipinski definition) is 5. The molecule has 0 aliphatic heterocycles. The minimum atomic E-state index is -1.04. The number of carbonyl (C=O) groups is 3. The van der Waals surface area contributed by atoms with Crippen LogP contribution >= 0.6 is 67.8 Å². The SMILES string of the molecule is CCCCC(=O)NC(=O)c1c(I)c(CC(O)CO)c(I)c(C(N)=O)c1I. The molecule has 1 aromatic rings. The van der Waals surface area contributed by atoms with Crippen LogP contribution in [0.3, 0.4) is 0 Å². The zero-order chi connectivity index (χ0) is 20.0. The zero-order valence-corrected chi connectivity index (χ0v) is 20.4. The van der Waals surface area contributed by atoms with Gasteiger partial charge in [0, 0.05) is 23.6 Å². The average molecular weight is 700 g/mol. The van der Waals surface area contributed by atoms with Crippen LogP contribution in [0.25, 0.3) is 0 Å². The number of carbonyl (C=O) groups excluding carboxylic acids is 3. The Morgan fingerprint density at radius 2 is 1.69 bits per heavy atom. The van der Waals surface area contributed by atoms with Gasteiger partial charge in [0.1, 0.15) is 0 Å². The van der Waals surface area contributed by atoms with Crippen molar-refractivity contribution in [1.29, 1.82) is 0 Å². The number of rotatable bonds is 8. The third-order valence-corrected chi connectivity index (χ3v) is 7.00. The highest BCUT2D eigenvalue weighted by molar-refractivity contribution is 14.1. The van der Waals surface area contributed by atoms with Gasteiger partial charge >= 0.3 is 0 Å². The summed E-state index contributed by atoms with van der Waals surface area (Å²) in [6.45, 7) is 1.49. The van der Waals surface area contributed by atoms with Gasteiger partial charge in [-0.1, -0.05) is 13.3 Å². The van der Waals surface area contributed by atoms with Crippen molar-refractivity contribution in [3.8, 4) is 0 Å². The normalized spacial score (nSPS) is 11.9. The Morgan fingerprint density at radius 1 is 1.12 bits per heavy atom. The number of primary amides is 1. The summed E-state index contributed by atoms with van der Waals surface area (Å²) in [5, 5.41) is 21.3. The number of unbranched alkanes of at least 4 members (excludes halogenated alkanes) is 1. The molecule has 1 aromatic carbocycles. The van der Waals surface area contributed by atoms with Crippen LogP contribution in [0.5, 0.6) is 0 Å². The van der Waals surface area contributed by atoms with Crippen LogP contribution in [0.4, 0.5) is 0 Å². The van der Waals surface area contributed by atoms with Crippen molar-refractivity contribution >= 4 is 85.5 Å². The molecular formula is C16H19I3N2O5. The van der Waals surface area contributed by atoms with Crippen molar-refractivity contribution in [2.45, 2.75) is 38.7 Å². The van der Waals surface area contributed by atoms with E-state index >= 15 is 0 Å². The second-order valence-electron chi connectivity index (χ2n) is 5.56. The Balaban J connectivity index is 3.43. The van der Waals surface area contributed by atoms with Crippen LogP contribution in [0.2, 0.25) is 0 Å². The van der Waals surface area contributed by atoms with Gasteiger partial charge in [-0.25, -0.2) is 0 Å². The number of imide groups is 1.